The van der Waals surface area contributed by atoms with Gasteiger partial charge < -0.3 is 0 Å². The molecule has 2 aromatic rings. The summed E-state index contributed by atoms with van der Waals surface area (Å²) in [5.74, 6) is -0.528. The van der Waals surface area contributed by atoms with Gasteiger partial charge in [0.1, 0.15) is 0 Å². The fourth-order valence-electron chi connectivity index (χ4n) is 2.59. The molecule has 114 valence electrons. The molecule has 2 amide bonds. The van der Waals surface area contributed by atoms with Crippen molar-refractivity contribution in [1.29, 1.82) is 0 Å². The van der Waals surface area contributed by atoms with E-state index in [1.54, 1.807) is 12.1 Å². The fraction of sp³-hybridized carbons (Fsp3) is 0.250. The third-order valence-corrected chi connectivity index (χ3v) is 5.26. The second-order valence-corrected chi connectivity index (χ2v) is 7.70. The van der Waals surface area contributed by atoms with Gasteiger partial charge in [0.15, 0.2) is 0 Å². The number of hydrogen-bond acceptors (Lipinski definition) is 3. The van der Waals surface area contributed by atoms with Crippen molar-refractivity contribution in [2.75, 3.05) is 0 Å². The molecule has 1 aliphatic rings. The van der Waals surface area contributed by atoms with Gasteiger partial charge in [-0.25, -0.2) is 0 Å². The Kier molecular flexibility index (Phi) is 4.59. The molecule has 0 bridgehead atoms. The van der Waals surface area contributed by atoms with E-state index >= 15 is 0 Å². The Morgan fingerprint density at radius 2 is 1.91 bits per heavy atom. The Morgan fingerprint density at radius 1 is 1.09 bits per heavy atom. The van der Waals surface area contributed by atoms with Crippen LogP contribution >= 0.6 is 27.3 Å². The number of thiophene rings is 1. The van der Waals surface area contributed by atoms with E-state index in [-0.39, 0.29) is 18.2 Å². The van der Waals surface area contributed by atoms with Crippen LogP contribution in [-0.2, 0) is 24.1 Å². The van der Waals surface area contributed by atoms with Gasteiger partial charge >= 0.3 is 0 Å². The van der Waals surface area contributed by atoms with Crippen LogP contribution in [0.25, 0.3) is 0 Å². The zero-order chi connectivity index (χ0) is 15.5. The smallest absolute Gasteiger partial charge is 0.273 e. The Hall–Kier alpha value is -1.66. The highest BCUT2D eigenvalue weighted by Crippen LogP contribution is 2.23. The summed E-state index contributed by atoms with van der Waals surface area (Å²) in [6.45, 7) is 0. The molecule has 1 aromatic heterocycles. The highest BCUT2D eigenvalue weighted by Gasteiger charge is 2.13. The molecule has 6 heteroatoms. The predicted molar refractivity (Wildman–Crippen MR) is 89.8 cm³/mol. The first-order valence-electron chi connectivity index (χ1n) is 7.07. The normalized spacial score (nSPS) is 12.8. The first-order valence-corrected chi connectivity index (χ1v) is 8.68. The van der Waals surface area contributed by atoms with E-state index in [0.717, 1.165) is 22.2 Å². The number of aryl methyl sites for hydroxylation is 2. The molecule has 3 rings (SSSR count). The minimum atomic E-state index is -0.307. The van der Waals surface area contributed by atoms with E-state index < -0.39 is 0 Å². The maximum Gasteiger partial charge on any atom is 0.279 e. The molecule has 0 fully saturated rings. The summed E-state index contributed by atoms with van der Waals surface area (Å²) in [6.07, 6.45) is 3.68. The first-order chi connectivity index (χ1) is 10.6. The second kappa shape index (κ2) is 6.62. The van der Waals surface area contributed by atoms with E-state index in [9.17, 15) is 9.59 Å². The lowest BCUT2D eigenvalue weighted by molar-refractivity contribution is -0.121. The SMILES string of the molecule is O=C(Cc1ccc2c(c1)CCC2)NNC(=O)c1ccc(Br)s1. The summed E-state index contributed by atoms with van der Waals surface area (Å²) in [7, 11) is 0. The number of fused-ring (bicyclic) bond motifs is 1. The summed E-state index contributed by atoms with van der Waals surface area (Å²) in [5, 5.41) is 0. The number of rotatable bonds is 3. The number of carbonyl (C=O) groups is 2. The van der Waals surface area contributed by atoms with Crippen molar-refractivity contribution in [2.45, 2.75) is 25.7 Å². The molecule has 0 atom stereocenters. The third kappa shape index (κ3) is 3.56. The standard InChI is InChI=1S/C16H15BrN2O2S/c17-14-7-6-13(22-14)16(21)19-18-15(20)9-10-4-5-11-2-1-3-12(11)8-10/h4-8H,1-3,9H2,(H,18,20)(H,19,21). The number of amides is 2. The van der Waals surface area contributed by atoms with E-state index in [0.29, 0.717) is 4.88 Å². The van der Waals surface area contributed by atoms with Gasteiger partial charge in [-0.05, 0) is 64.0 Å². The molecule has 1 aliphatic carbocycles. The topological polar surface area (TPSA) is 58.2 Å². The fourth-order valence-corrected chi connectivity index (χ4v) is 3.87. The van der Waals surface area contributed by atoms with Crippen molar-refractivity contribution in [3.05, 3.63) is 55.7 Å². The third-order valence-electron chi connectivity index (χ3n) is 3.64. The lowest BCUT2D eigenvalue weighted by Crippen LogP contribution is -2.42. The van der Waals surface area contributed by atoms with Gasteiger partial charge in [-0.1, -0.05) is 18.2 Å². The quantitative estimate of drug-likeness (QED) is 0.806. The highest BCUT2D eigenvalue weighted by atomic mass is 79.9. The number of hydrazine groups is 1. The van der Waals surface area contributed by atoms with Crippen LogP contribution in [0.5, 0.6) is 0 Å². The van der Waals surface area contributed by atoms with Gasteiger partial charge in [-0.2, -0.15) is 0 Å². The van der Waals surface area contributed by atoms with Gasteiger partial charge in [0.25, 0.3) is 5.91 Å². The molecule has 2 N–H and O–H groups in total. The average molecular weight is 379 g/mol. The minimum Gasteiger partial charge on any atom is -0.273 e. The highest BCUT2D eigenvalue weighted by molar-refractivity contribution is 9.11. The predicted octanol–water partition coefficient (Wildman–Crippen LogP) is 3.00. The molecule has 0 unspecified atom stereocenters. The Morgan fingerprint density at radius 3 is 2.68 bits per heavy atom. The average Bonchev–Trinajstić information content (AvgIpc) is 3.13. The minimum absolute atomic E-state index is 0.220. The number of halogens is 1. The Balaban J connectivity index is 1.53. The summed E-state index contributed by atoms with van der Waals surface area (Å²) in [4.78, 5) is 24.3. The molecule has 1 aromatic carbocycles. The summed E-state index contributed by atoms with van der Waals surface area (Å²) in [6, 6.07) is 9.69. The van der Waals surface area contributed by atoms with Crippen molar-refractivity contribution in [3.63, 3.8) is 0 Å². The molecular formula is C16H15BrN2O2S. The van der Waals surface area contributed by atoms with Crippen LogP contribution in [0.2, 0.25) is 0 Å². The van der Waals surface area contributed by atoms with Crippen LogP contribution in [0, 0.1) is 0 Å². The van der Waals surface area contributed by atoms with E-state index in [1.165, 1.54) is 28.9 Å². The summed E-state index contributed by atoms with van der Waals surface area (Å²) in [5.41, 5.74) is 8.61. The van der Waals surface area contributed by atoms with Crippen LogP contribution in [0.1, 0.15) is 32.8 Å². The van der Waals surface area contributed by atoms with E-state index in [4.69, 9.17) is 0 Å². The van der Waals surface area contributed by atoms with Gasteiger partial charge in [-0.15, -0.1) is 11.3 Å². The lowest BCUT2D eigenvalue weighted by atomic mass is 10.0. The molecule has 0 saturated heterocycles. The van der Waals surface area contributed by atoms with Crippen molar-refractivity contribution in [2.24, 2.45) is 0 Å². The van der Waals surface area contributed by atoms with Crippen LogP contribution in [-0.4, -0.2) is 11.8 Å². The lowest BCUT2D eigenvalue weighted by Gasteiger charge is -2.07. The van der Waals surface area contributed by atoms with Crippen LogP contribution < -0.4 is 10.9 Å². The van der Waals surface area contributed by atoms with Crippen molar-refractivity contribution in [3.8, 4) is 0 Å². The zero-order valence-corrected chi connectivity index (χ0v) is 14.2. The van der Waals surface area contributed by atoms with E-state index in [1.807, 2.05) is 6.07 Å². The maximum atomic E-state index is 11.9. The van der Waals surface area contributed by atoms with Crippen molar-refractivity contribution < 1.29 is 9.59 Å². The van der Waals surface area contributed by atoms with Crippen LogP contribution in [0.3, 0.4) is 0 Å². The van der Waals surface area contributed by atoms with Gasteiger partial charge in [-0.3, -0.25) is 20.4 Å². The molecule has 0 saturated carbocycles. The summed E-state index contributed by atoms with van der Waals surface area (Å²) >= 11 is 4.62. The van der Waals surface area contributed by atoms with E-state index in [2.05, 4.69) is 38.9 Å². The van der Waals surface area contributed by atoms with Crippen LogP contribution in [0.4, 0.5) is 0 Å². The second-order valence-electron chi connectivity index (χ2n) is 5.24. The zero-order valence-electron chi connectivity index (χ0n) is 11.8. The number of nitrogens with one attached hydrogen (secondary N) is 2. The molecule has 4 nitrogen and oxygen atoms in total. The molecular weight excluding hydrogens is 364 g/mol. The largest absolute Gasteiger partial charge is 0.279 e. The number of carbonyl (C=O) groups excluding carboxylic acids is 2. The molecule has 0 spiro atoms. The monoisotopic (exact) mass is 378 g/mol. The van der Waals surface area contributed by atoms with Crippen molar-refractivity contribution in [1.82, 2.24) is 10.9 Å². The van der Waals surface area contributed by atoms with Gasteiger partial charge in [0.2, 0.25) is 5.91 Å². The molecule has 22 heavy (non-hydrogen) atoms. The number of benzene rings is 1. The molecule has 0 radical (unpaired) electrons. The van der Waals surface area contributed by atoms with Gasteiger partial charge in [0.05, 0.1) is 15.1 Å². The maximum absolute atomic E-state index is 11.9. The summed E-state index contributed by atoms with van der Waals surface area (Å²) < 4.78 is 0.877. The molecule has 0 aliphatic heterocycles. The van der Waals surface area contributed by atoms with Gasteiger partial charge in [0, 0.05) is 0 Å². The van der Waals surface area contributed by atoms with Crippen molar-refractivity contribution >= 4 is 39.1 Å². The Labute approximate surface area is 141 Å². The Bertz CT molecular complexity index is 727. The first kappa shape index (κ1) is 15.2. The molecule has 1 heterocycles. The van der Waals surface area contributed by atoms with Crippen LogP contribution in [0.15, 0.2) is 34.1 Å². The number of hydrogen-bond donors (Lipinski definition) is 2.